The number of rotatable bonds is 3. The van der Waals surface area contributed by atoms with E-state index in [2.05, 4.69) is 10.5 Å². The standard InChI is InChI=1S/C14H10Cl2N2O2/c15-10-6-12(16)11(13(19)7-10)8-17-18-14(20)9-4-2-1-3-5-9/h1-8,19H,(H,18,20). The fourth-order valence-electron chi connectivity index (χ4n) is 1.51. The van der Waals surface area contributed by atoms with E-state index >= 15 is 0 Å². The Morgan fingerprint density at radius 1 is 1.20 bits per heavy atom. The van der Waals surface area contributed by atoms with Gasteiger partial charge in [-0.1, -0.05) is 41.4 Å². The SMILES string of the molecule is O=C(NN=Cc1c(O)cc(Cl)cc1Cl)c1ccccc1. The fourth-order valence-corrected chi connectivity index (χ4v) is 2.04. The van der Waals surface area contributed by atoms with Crippen LogP contribution in [0.3, 0.4) is 0 Å². The smallest absolute Gasteiger partial charge is 0.271 e. The molecule has 0 fully saturated rings. The van der Waals surface area contributed by atoms with E-state index in [-0.39, 0.29) is 22.2 Å². The Bertz CT molecular complexity index is 634. The minimum absolute atomic E-state index is 0.111. The quantitative estimate of drug-likeness (QED) is 0.674. The summed E-state index contributed by atoms with van der Waals surface area (Å²) in [5.74, 6) is -0.466. The summed E-state index contributed by atoms with van der Waals surface area (Å²) in [6.07, 6.45) is 1.26. The Balaban J connectivity index is 2.10. The zero-order chi connectivity index (χ0) is 14.5. The second-order valence-electron chi connectivity index (χ2n) is 3.89. The molecule has 0 bridgehead atoms. The Morgan fingerprint density at radius 2 is 1.90 bits per heavy atom. The second kappa shape index (κ2) is 6.41. The Morgan fingerprint density at radius 3 is 2.55 bits per heavy atom. The van der Waals surface area contributed by atoms with E-state index in [1.165, 1.54) is 18.3 Å². The van der Waals surface area contributed by atoms with Gasteiger partial charge in [-0.3, -0.25) is 4.79 Å². The number of nitrogens with one attached hydrogen (secondary N) is 1. The number of hydrogen-bond acceptors (Lipinski definition) is 3. The predicted molar refractivity (Wildman–Crippen MR) is 79.6 cm³/mol. The monoisotopic (exact) mass is 308 g/mol. The van der Waals surface area contributed by atoms with Crippen molar-refractivity contribution in [1.29, 1.82) is 0 Å². The summed E-state index contributed by atoms with van der Waals surface area (Å²) in [4.78, 5) is 11.7. The molecule has 0 spiro atoms. The van der Waals surface area contributed by atoms with Crippen LogP contribution in [0.15, 0.2) is 47.6 Å². The zero-order valence-electron chi connectivity index (χ0n) is 10.2. The van der Waals surface area contributed by atoms with Crippen LogP contribution >= 0.6 is 23.2 Å². The third-order valence-corrected chi connectivity index (χ3v) is 3.00. The molecule has 0 aliphatic carbocycles. The van der Waals surface area contributed by atoms with E-state index < -0.39 is 0 Å². The van der Waals surface area contributed by atoms with Crippen molar-refractivity contribution in [3.05, 3.63) is 63.6 Å². The Labute approximate surface area is 125 Å². The number of aromatic hydroxyl groups is 1. The van der Waals surface area contributed by atoms with Gasteiger partial charge in [-0.05, 0) is 24.3 Å². The van der Waals surface area contributed by atoms with Gasteiger partial charge in [0.25, 0.3) is 5.91 Å². The third kappa shape index (κ3) is 3.50. The topological polar surface area (TPSA) is 61.7 Å². The number of nitrogens with zero attached hydrogens (tertiary/aromatic N) is 1. The van der Waals surface area contributed by atoms with Gasteiger partial charge in [-0.25, -0.2) is 5.43 Å². The molecule has 2 N–H and O–H groups in total. The molecule has 0 aliphatic rings. The summed E-state index contributed by atoms with van der Waals surface area (Å²) in [5.41, 5.74) is 3.11. The highest BCUT2D eigenvalue weighted by molar-refractivity contribution is 6.36. The molecule has 6 heteroatoms. The number of hydrogen-bond donors (Lipinski definition) is 2. The molecule has 0 radical (unpaired) electrons. The molecule has 0 saturated heterocycles. The summed E-state index contributed by atoms with van der Waals surface area (Å²) in [5, 5.41) is 14.0. The molecule has 2 rings (SSSR count). The number of amides is 1. The van der Waals surface area contributed by atoms with Gasteiger partial charge in [0, 0.05) is 10.6 Å². The lowest BCUT2D eigenvalue weighted by Gasteiger charge is -2.03. The first-order chi connectivity index (χ1) is 9.58. The minimum atomic E-state index is -0.355. The molecular formula is C14H10Cl2N2O2. The number of carbonyl (C=O) groups is 1. The van der Waals surface area contributed by atoms with Crippen molar-refractivity contribution in [3.63, 3.8) is 0 Å². The van der Waals surface area contributed by atoms with Gasteiger partial charge in [0.05, 0.1) is 16.8 Å². The van der Waals surface area contributed by atoms with Crippen molar-refractivity contribution in [2.75, 3.05) is 0 Å². The first-order valence-corrected chi connectivity index (χ1v) is 6.40. The molecule has 1 amide bonds. The van der Waals surface area contributed by atoms with Crippen LogP contribution in [0.1, 0.15) is 15.9 Å². The molecule has 102 valence electrons. The van der Waals surface area contributed by atoms with Gasteiger partial charge in [-0.2, -0.15) is 5.10 Å². The lowest BCUT2D eigenvalue weighted by Crippen LogP contribution is -2.17. The van der Waals surface area contributed by atoms with Crippen LogP contribution in [-0.2, 0) is 0 Å². The molecule has 0 saturated carbocycles. The molecule has 4 nitrogen and oxygen atoms in total. The molecule has 20 heavy (non-hydrogen) atoms. The van der Waals surface area contributed by atoms with Gasteiger partial charge in [0.2, 0.25) is 0 Å². The molecule has 2 aromatic rings. The van der Waals surface area contributed by atoms with Crippen LogP contribution in [-0.4, -0.2) is 17.2 Å². The normalized spacial score (nSPS) is 10.7. The molecular weight excluding hydrogens is 299 g/mol. The lowest BCUT2D eigenvalue weighted by atomic mass is 10.2. The van der Waals surface area contributed by atoms with Crippen LogP contribution in [0.2, 0.25) is 10.0 Å². The molecule has 0 atom stereocenters. The minimum Gasteiger partial charge on any atom is -0.507 e. The van der Waals surface area contributed by atoms with E-state index in [0.29, 0.717) is 10.6 Å². The van der Waals surface area contributed by atoms with Gasteiger partial charge < -0.3 is 5.11 Å². The largest absolute Gasteiger partial charge is 0.507 e. The predicted octanol–water partition coefficient (Wildman–Crippen LogP) is 3.46. The average molecular weight is 309 g/mol. The van der Waals surface area contributed by atoms with Crippen molar-refractivity contribution in [2.24, 2.45) is 5.10 Å². The summed E-state index contributed by atoms with van der Waals surface area (Å²) >= 11 is 11.6. The van der Waals surface area contributed by atoms with E-state index in [0.717, 1.165) is 0 Å². The molecule has 2 aromatic carbocycles. The number of benzene rings is 2. The fraction of sp³-hybridized carbons (Fsp3) is 0. The molecule has 0 unspecified atom stereocenters. The maximum absolute atomic E-state index is 11.7. The number of hydrazone groups is 1. The van der Waals surface area contributed by atoms with Gasteiger partial charge in [0.1, 0.15) is 5.75 Å². The maximum atomic E-state index is 11.7. The highest BCUT2D eigenvalue weighted by Gasteiger charge is 2.07. The molecule has 0 aromatic heterocycles. The Hall–Kier alpha value is -2.04. The van der Waals surface area contributed by atoms with Crippen LogP contribution < -0.4 is 5.43 Å². The maximum Gasteiger partial charge on any atom is 0.271 e. The Kier molecular flexibility index (Phi) is 4.61. The van der Waals surface area contributed by atoms with E-state index in [1.807, 2.05) is 6.07 Å². The number of phenols is 1. The highest BCUT2D eigenvalue weighted by Crippen LogP contribution is 2.28. The van der Waals surface area contributed by atoms with Gasteiger partial charge >= 0.3 is 0 Å². The van der Waals surface area contributed by atoms with Crippen molar-refractivity contribution >= 4 is 35.3 Å². The van der Waals surface area contributed by atoms with Crippen LogP contribution in [0.5, 0.6) is 5.75 Å². The van der Waals surface area contributed by atoms with Gasteiger partial charge in [-0.15, -0.1) is 0 Å². The second-order valence-corrected chi connectivity index (χ2v) is 4.73. The van der Waals surface area contributed by atoms with E-state index in [9.17, 15) is 9.90 Å². The number of carbonyl (C=O) groups excluding carboxylic acids is 1. The van der Waals surface area contributed by atoms with Crippen molar-refractivity contribution in [2.45, 2.75) is 0 Å². The van der Waals surface area contributed by atoms with E-state index in [1.54, 1.807) is 24.3 Å². The van der Waals surface area contributed by atoms with Crippen LogP contribution in [0, 0.1) is 0 Å². The summed E-state index contributed by atoms with van der Waals surface area (Å²) in [7, 11) is 0. The first-order valence-electron chi connectivity index (χ1n) is 5.64. The van der Waals surface area contributed by atoms with Gasteiger partial charge in [0.15, 0.2) is 0 Å². The van der Waals surface area contributed by atoms with Crippen molar-refractivity contribution in [1.82, 2.24) is 5.43 Å². The summed E-state index contributed by atoms with van der Waals surface area (Å²) < 4.78 is 0. The van der Waals surface area contributed by atoms with Crippen molar-refractivity contribution < 1.29 is 9.90 Å². The number of halogens is 2. The van der Waals surface area contributed by atoms with Crippen LogP contribution in [0.4, 0.5) is 0 Å². The highest BCUT2D eigenvalue weighted by atomic mass is 35.5. The lowest BCUT2D eigenvalue weighted by molar-refractivity contribution is 0.0955. The molecule has 0 heterocycles. The van der Waals surface area contributed by atoms with Crippen molar-refractivity contribution in [3.8, 4) is 5.75 Å². The van der Waals surface area contributed by atoms with Crippen LogP contribution in [0.25, 0.3) is 0 Å². The first kappa shape index (κ1) is 14.4. The number of phenolic OH excluding ortho intramolecular Hbond substituents is 1. The summed E-state index contributed by atoms with van der Waals surface area (Å²) in [6.45, 7) is 0. The summed E-state index contributed by atoms with van der Waals surface area (Å²) in [6, 6.07) is 11.5. The third-order valence-electron chi connectivity index (χ3n) is 2.47. The molecule has 0 aliphatic heterocycles. The zero-order valence-corrected chi connectivity index (χ0v) is 11.7. The van der Waals surface area contributed by atoms with E-state index in [4.69, 9.17) is 23.2 Å². The average Bonchev–Trinajstić information content (AvgIpc) is 2.42.